The molecule has 158 valence electrons. The molecule has 1 atom stereocenters. The molecule has 2 aromatic carbocycles. The van der Waals surface area contributed by atoms with Crippen LogP contribution in [-0.2, 0) is 4.79 Å². The summed E-state index contributed by atoms with van der Waals surface area (Å²) in [7, 11) is 1.96. The van der Waals surface area contributed by atoms with Crippen LogP contribution in [0.15, 0.2) is 72.8 Å². The highest BCUT2D eigenvalue weighted by Crippen LogP contribution is 2.34. The second-order valence-electron chi connectivity index (χ2n) is 6.94. The molecule has 0 bridgehead atoms. The maximum absolute atomic E-state index is 12.0. The summed E-state index contributed by atoms with van der Waals surface area (Å²) in [5.74, 6) is 0.341. The molecule has 0 aliphatic carbocycles. The van der Waals surface area contributed by atoms with Crippen molar-refractivity contribution in [3.63, 3.8) is 0 Å². The van der Waals surface area contributed by atoms with Gasteiger partial charge in [-0.05, 0) is 54.7 Å². The van der Waals surface area contributed by atoms with Crippen LogP contribution >= 0.6 is 0 Å². The van der Waals surface area contributed by atoms with Crippen molar-refractivity contribution in [1.29, 1.82) is 0 Å². The monoisotopic (exact) mass is 393 g/mol. The average molecular weight is 394 g/mol. The number of Topliss-reactive ketones (excluding diaryl/α,β-unsaturated/α-hetero) is 1. The van der Waals surface area contributed by atoms with Gasteiger partial charge in [0.15, 0.2) is 0 Å². The molecule has 2 aromatic rings. The molecule has 0 radical (unpaired) electrons. The molecule has 2 rings (SSSR count). The van der Waals surface area contributed by atoms with Gasteiger partial charge in [0.25, 0.3) is 0 Å². The SMILES string of the molecule is C=C(/C(=C(/C)C(CCC(=O)CCC)NC)c1ccccc1)c1ccccc1.CC.[HH]. The van der Waals surface area contributed by atoms with Crippen molar-refractivity contribution in [3.8, 4) is 0 Å². The molecule has 1 N–H and O–H groups in total. The zero-order valence-corrected chi connectivity index (χ0v) is 18.8. The van der Waals surface area contributed by atoms with E-state index in [1.807, 2.05) is 45.2 Å². The Morgan fingerprint density at radius 1 is 0.966 bits per heavy atom. The topological polar surface area (TPSA) is 29.1 Å². The van der Waals surface area contributed by atoms with Crippen molar-refractivity contribution in [3.05, 3.63) is 83.9 Å². The van der Waals surface area contributed by atoms with Gasteiger partial charge in [0.1, 0.15) is 5.78 Å². The maximum atomic E-state index is 12.0. The fourth-order valence-corrected chi connectivity index (χ4v) is 3.49. The predicted molar refractivity (Wildman–Crippen MR) is 130 cm³/mol. The Kier molecular flexibility index (Phi) is 11.6. The first-order valence-electron chi connectivity index (χ1n) is 10.8. The van der Waals surface area contributed by atoms with Crippen LogP contribution < -0.4 is 5.32 Å². The number of likely N-dealkylation sites (N-methyl/N-ethyl adjacent to an activating group) is 1. The number of nitrogens with one attached hydrogen (secondary N) is 1. The summed E-state index contributed by atoms with van der Waals surface area (Å²) in [6.07, 6.45) is 3.00. The quantitative estimate of drug-likeness (QED) is 0.433. The third-order valence-corrected chi connectivity index (χ3v) is 4.99. The number of hydrogen-bond donors (Lipinski definition) is 1. The lowest BCUT2D eigenvalue weighted by molar-refractivity contribution is -0.119. The van der Waals surface area contributed by atoms with E-state index in [-0.39, 0.29) is 7.47 Å². The molecule has 2 heteroatoms. The highest BCUT2D eigenvalue weighted by atomic mass is 16.1. The molecule has 0 aliphatic heterocycles. The Morgan fingerprint density at radius 2 is 1.48 bits per heavy atom. The van der Waals surface area contributed by atoms with Crippen molar-refractivity contribution >= 4 is 16.9 Å². The van der Waals surface area contributed by atoms with E-state index in [2.05, 4.69) is 62.1 Å². The van der Waals surface area contributed by atoms with Crippen molar-refractivity contribution < 1.29 is 6.22 Å². The van der Waals surface area contributed by atoms with E-state index < -0.39 is 0 Å². The summed E-state index contributed by atoms with van der Waals surface area (Å²) >= 11 is 0. The smallest absolute Gasteiger partial charge is 0.132 e. The van der Waals surface area contributed by atoms with Gasteiger partial charge in [-0.25, -0.2) is 0 Å². The predicted octanol–water partition coefficient (Wildman–Crippen LogP) is 7.18. The van der Waals surface area contributed by atoms with Gasteiger partial charge in [-0.2, -0.15) is 0 Å². The molecule has 0 aromatic heterocycles. The van der Waals surface area contributed by atoms with Gasteiger partial charge in [0.05, 0.1) is 0 Å². The zero-order chi connectivity index (χ0) is 21.6. The number of rotatable bonds is 10. The molecular formula is C27H39NO. The molecule has 0 heterocycles. The van der Waals surface area contributed by atoms with Gasteiger partial charge in [-0.3, -0.25) is 4.79 Å². The third kappa shape index (κ3) is 7.47. The molecule has 0 saturated heterocycles. The van der Waals surface area contributed by atoms with Crippen molar-refractivity contribution in [2.45, 2.75) is 59.4 Å². The number of ketones is 1. The van der Waals surface area contributed by atoms with Gasteiger partial charge in [-0.15, -0.1) is 0 Å². The minimum absolute atomic E-state index is 0. The molecule has 0 amide bonds. The van der Waals surface area contributed by atoms with Gasteiger partial charge in [0, 0.05) is 20.3 Å². The van der Waals surface area contributed by atoms with Crippen LogP contribution in [0.1, 0.15) is 65.9 Å². The standard InChI is InChI=1S/C25H31NO.C2H6.H2/c1-5-12-23(27)17-18-24(26-4)20(3)25(22-15-10-7-11-16-22)19(2)21-13-8-6-9-14-21;1-2;/h6-11,13-16,24,26H,2,5,12,17-18H2,1,3-4H3;1-2H3;1H/b25-20+;;. The second-order valence-corrected chi connectivity index (χ2v) is 6.94. The van der Waals surface area contributed by atoms with Crippen molar-refractivity contribution in [2.75, 3.05) is 7.05 Å². The van der Waals surface area contributed by atoms with Crippen molar-refractivity contribution in [1.82, 2.24) is 5.32 Å². The van der Waals surface area contributed by atoms with Crippen LogP contribution in [0.4, 0.5) is 0 Å². The van der Waals surface area contributed by atoms with Gasteiger partial charge in [0.2, 0.25) is 0 Å². The normalized spacial score (nSPS) is 12.3. The van der Waals surface area contributed by atoms with Crippen LogP contribution in [0.5, 0.6) is 0 Å². The van der Waals surface area contributed by atoms with Gasteiger partial charge >= 0.3 is 0 Å². The van der Waals surface area contributed by atoms with E-state index in [1.54, 1.807) is 0 Å². The van der Waals surface area contributed by atoms with Gasteiger partial charge < -0.3 is 5.32 Å². The number of hydrogen-bond acceptors (Lipinski definition) is 2. The second kappa shape index (κ2) is 13.7. The lowest BCUT2D eigenvalue weighted by Gasteiger charge is -2.23. The Hall–Kier alpha value is -2.45. The summed E-state index contributed by atoms with van der Waals surface area (Å²) in [5.41, 5.74) is 5.67. The van der Waals surface area contributed by atoms with E-state index in [1.165, 1.54) is 5.57 Å². The molecule has 0 spiro atoms. The summed E-state index contributed by atoms with van der Waals surface area (Å²) in [6.45, 7) is 12.6. The Labute approximate surface area is 179 Å². The number of carbonyl (C=O) groups excluding carboxylic acids is 1. The zero-order valence-electron chi connectivity index (χ0n) is 18.8. The lowest BCUT2D eigenvalue weighted by atomic mass is 9.86. The Bertz CT molecular complexity index is 781. The van der Waals surface area contributed by atoms with Crippen molar-refractivity contribution in [2.24, 2.45) is 0 Å². The third-order valence-electron chi connectivity index (χ3n) is 4.99. The Balaban J connectivity index is 0.00000272. The molecular weight excluding hydrogens is 354 g/mol. The van der Waals surface area contributed by atoms with E-state index >= 15 is 0 Å². The first-order chi connectivity index (χ1) is 14.1. The minimum Gasteiger partial charge on any atom is -0.313 e. The summed E-state index contributed by atoms with van der Waals surface area (Å²) in [4.78, 5) is 12.0. The summed E-state index contributed by atoms with van der Waals surface area (Å²) in [5, 5.41) is 3.40. The molecule has 2 nitrogen and oxygen atoms in total. The lowest BCUT2D eigenvalue weighted by Crippen LogP contribution is -2.28. The van der Waals surface area contributed by atoms with Crippen LogP contribution in [-0.4, -0.2) is 18.9 Å². The summed E-state index contributed by atoms with van der Waals surface area (Å²) in [6, 6.07) is 20.8. The van der Waals surface area contributed by atoms with Crippen LogP contribution in [0, 0.1) is 0 Å². The number of benzene rings is 2. The average Bonchev–Trinajstić information content (AvgIpc) is 2.77. The van der Waals surface area contributed by atoms with Gasteiger partial charge in [-0.1, -0.05) is 88.0 Å². The van der Waals surface area contributed by atoms with E-state index in [0.29, 0.717) is 18.6 Å². The molecule has 0 aliphatic rings. The van der Waals surface area contributed by atoms with Crippen LogP contribution in [0.2, 0.25) is 0 Å². The van der Waals surface area contributed by atoms with Crippen LogP contribution in [0.3, 0.4) is 0 Å². The first kappa shape index (κ1) is 24.6. The molecule has 0 saturated carbocycles. The number of allylic oxidation sites excluding steroid dienone is 2. The molecule has 1 unspecified atom stereocenters. The van der Waals surface area contributed by atoms with E-state index in [0.717, 1.165) is 35.1 Å². The largest absolute Gasteiger partial charge is 0.313 e. The number of carbonyl (C=O) groups is 1. The first-order valence-corrected chi connectivity index (χ1v) is 10.8. The highest BCUT2D eigenvalue weighted by molar-refractivity contribution is 6.05. The Morgan fingerprint density at radius 3 is 1.97 bits per heavy atom. The summed E-state index contributed by atoms with van der Waals surface area (Å²) < 4.78 is 0. The molecule has 29 heavy (non-hydrogen) atoms. The van der Waals surface area contributed by atoms with Crippen LogP contribution in [0.25, 0.3) is 11.1 Å². The molecule has 0 fully saturated rings. The van der Waals surface area contributed by atoms with E-state index in [9.17, 15) is 4.79 Å². The van der Waals surface area contributed by atoms with E-state index in [4.69, 9.17) is 0 Å². The maximum Gasteiger partial charge on any atom is 0.132 e. The minimum atomic E-state index is 0. The fourth-order valence-electron chi connectivity index (χ4n) is 3.49. The highest BCUT2D eigenvalue weighted by Gasteiger charge is 2.18. The fraction of sp³-hybridized carbons (Fsp3) is 0.370.